The molecule has 0 saturated carbocycles. The molecule has 1 amide bonds. The largest absolute Gasteiger partial charge is 0.355 e. The van der Waals surface area contributed by atoms with Crippen molar-refractivity contribution in [3.05, 3.63) is 42.0 Å². The lowest BCUT2D eigenvalue weighted by Gasteiger charge is -2.34. The predicted molar refractivity (Wildman–Crippen MR) is 122 cm³/mol. The maximum atomic E-state index is 13.1. The quantitative estimate of drug-likeness (QED) is 0.648. The topological polar surface area (TPSA) is 67.2 Å². The smallest absolute Gasteiger partial charge is 0.229 e. The van der Waals surface area contributed by atoms with Crippen molar-refractivity contribution in [1.29, 1.82) is 0 Å². The molecule has 5 rings (SSSR count). The summed E-state index contributed by atoms with van der Waals surface area (Å²) >= 11 is 0. The van der Waals surface area contributed by atoms with E-state index in [0.717, 1.165) is 73.0 Å². The summed E-state index contributed by atoms with van der Waals surface area (Å²) in [4.78, 5) is 31.4. The van der Waals surface area contributed by atoms with Crippen LogP contribution in [0.15, 0.2) is 30.6 Å². The number of piperidine rings is 1. The van der Waals surface area contributed by atoms with E-state index < -0.39 is 0 Å². The predicted octanol–water partition coefficient (Wildman–Crippen LogP) is 3.74. The standard InChI is InChI=1S/C24H30N6O/c1-17-8-5-6-9-19(17)28(2)24(31)18-11-14-29(15-12-18)22-21-23(26-16-25-22)30-13-7-3-4-10-20(30)27-21/h5-6,8-9,16,18H,3-4,7,10-15H2,1-2H3. The third kappa shape index (κ3) is 3.66. The Bertz CT molecular complexity index is 1100. The molecule has 3 aromatic rings. The Balaban J connectivity index is 1.32. The van der Waals surface area contributed by atoms with Crippen LogP contribution in [0.5, 0.6) is 0 Å². The molecular weight excluding hydrogens is 388 g/mol. The van der Waals surface area contributed by atoms with Crippen LogP contribution in [0.1, 0.15) is 43.5 Å². The molecule has 7 heteroatoms. The number of aryl methyl sites for hydroxylation is 3. The normalized spacial score (nSPS) is 17.4. The molecule has 4 heterocycles. The van der Waals surface area contributed by atoms with E-state index in [0.29, 0.717) is 0 Å². The SMILES string of the molecule is Cc1ccccc1N(C)C(=O)C1CCN(c2ncnc3c2nc2n3CCCCC2)CC1. The van der Waals surface area contributed by atoms with Gasteiger partial charge >= 0.3 is 0 Å². The fourth-order valence-electron chi connectivity index (χ4n) is 5.03. The Labute approximate surface area is 183 Å². The zero-order valence-corrected chi connectivity index (χ0v) is 18.4. The molecule has 1 fully saturated rings. The second-order valence-corrected chi connectivity index (χ2v) is 8.80. The third-order valence-electron chi connectivity index (χ3n) is 6.82. The summed E-state index contributed by atoms with van der Waals surface area (Å²) in [5.74, 6) is 2.30. The summed E-state index contributed by atoms with van der Waals surface area (Å²) in [6, 6.07) is 8.06. The molecule has 2 aliphatic heterocycles. The van der Waals surface area contributed by atoms with Gasteiger partial charge in [-0.2, -0.15) is 0 Å². The van der Waals surface area contributed by atoms with Gasteiger partial charge in [0, 0.05) is 44.7 Å². The number of anilines is 2. The number of nitrogens with zero attached hydrogens (tertiary/aromatic N) is 6. The Kier molecular flexibility index (Phi) is 5.34. The van der Waals surface area contributed by atoms with Crippen LogP contribution in [-0.4, -0.2) is 45.6 Å². The van der Waals surface area contributed by atoms with Crippen LogP contribution < -0.4 is 9.80 Å². The van der Waals surface area contributed by atoms with Gasteiger partial charge in [0.05, 0.1) is 0 Å². The monoisotopic (exact) mass is 418 g/mol. The second-order valence-electron chi connectivity index (χ2n) is 8.80. The molecule has 0 spiro atoms. The van der Waals surface area contributed by atoms with Crippen LogP contribution in [0.2, 0.25) is 0 Å². The Hall–Kier alpha value is -2.96. The van der Waals surface area contributed by atoms with Crippen molar-refractivity contribution in [3.8, 4) is 0 Å². The number of hydrogen-bond donors (Lipinski definition) is 0. The second kappa shape index (κ2) is 8.29. The number of aromatic nitrogens is 4. The number of imidazole rings is 1. The molecule has 1 aromatic carbocycles. The van der Waals surface area contributed by atoms with Gasteiger partial charge in [-0.3, -0.25) is 4.79 Å². The van der Waals surface area contributed by atoms with Crippen molar-refractivity contribution in [2.75, 3.05) is 29.9 Å². The van der Waals surface area contributed by atoms with Crippen LogP contribution in [0, 0.1) is 12.8 Å². The minimum absolute atomic E-state index is 0.0388. The highest BCUT2D eigenvalue weighted by Gasteiger charge is 2.30. The lowest BCUT2D eigenvalue weighted by atomic mass is 9.95. The van der Waals surface area contributed by atoms with Gasteiger partial charge in [0.25, 0.3) is 0 Å². The molecule has 1 saturated heterocycles. The van der Waals surface area contributed by atoms with Crippen LogP contribution in [0.3, 0.4) is 0 Å². The number of fused-ring (bicyclic) bond motifs is 3. The Morgan fingerprint density at radius 1 is 1.06 bits per heavy atom. The van der Waals surface area contributed by atoms with Gasteiger partial charge in [-0.15, -0.1) is 0 Å². The van der Waals surface area contributed by atoms with E-state index in [1.54, 1.807) is 6.33 Å². The molecule has 0 N–H and O–H groups in total. The van der Waals surface area contributed by atoms with Crippen molar-refractivity contribution >= 4 is 28.6 Å². The summed E-state index contributed by atoms with van der Waals surface area (Å²) in [6.45, 7) is 4.66. The first kappa shape index (κ1) is 20.0. The van der Waals surface area contributed by atoms with Crippen molar-refractivity contribution in [2.45, 2.75) is 52.0 Å². The summed E-state index contributed by atoms with van der Waals surface area (Å²) in [6.07, 6.45) is 7.95. The molecule has 0 unspecified atom stereocenters. The fourth-order valence-corrected chi connectivity index (χ4v) is 5.03. The number of amides is 1. The van der Waals surface area contributed by atoms with Crippen molar-refractivity contribution in [1.82, 2.24) is 19.5 Å². The molecule has 162 valence electrons. The van der Waals surface area contributed by atoms with Gasteiger partial charge in [0.15, 0.2) is 17.0 Å². The van der Waals surface area contributed by atoms with Crippen LogP contribution in [0.4, 0.5) is 11.5 Å². The maximum absolute atomic E-state index is 13.1. The van der Waals surface area contributed by atoms with Gasteiger partial charge in [0.2, 0.25) is 5.91 Å². The van der Waals surface area contributed by atoms with E-state index in [1.807, 2.05) is 30.1 Å². The highest BCUT2D eigenvalue weighted by atomic mass is 16.2. The van der Waals surface area contributed by atoms with Gasteiger partial charge < -0.3 is 14.4 Å². The fraction of sp³-hybridized carbons (Fsp3) is 0.500. The number of carbonyl (C=O) groups excluding carboxylic acids is 1. The Morgan fingerprint density at radius 2 is 1.87 bits per heavy atom. The van der Waals surface area contributed by atoms with Gasteiger partial charge in [0.1, 0.15) is 12.2 Å². The molecule has 0 aliphatic carbocycles. The maximum Gasteiger partial charge on any atom is 0.229 e. The number of hydrogen-bond acceptors (Lipinski definition) is 5. The first-order valence-electron chi connectivity index (χ1n) is 11.4. The number of carbonyl (C=O) groups is 1. The molecule has 0 bridgehead atoms. The molecule has 7 nitrogen and oxygen atoms in total. The van der Waals surface area contributed by atoms with E-state index in [-0.39, 0.29) is 11.8 Å². The molecular formula is C24H30N6O. The van der Waals surface area contributed by atoms with Crippen molar-refractivity contribution < 1.29 is 4.79 Å². The number of rotatable bonds is 3. The van der Waals surface area contributed by atoms with Crippen LogP contribution >= 0.6 is 0 Å². The summed E-state index contributed by atoms with van der Waals surface area (Å²) in [5.41, 5.74) is 3.99. The molecule has 2 aromatic heterocycles. The molecule has 0 radical (unpaired) electrons. The number of para-hydroxylation sites is 1. The average molecular weight is 419 g/mol. The lowest BCUT2D eigenvalue weighted by molar-refractivity contribution is -0.122. The van der Waals surface area contributed by atoms with Crippen molar-refractivity contribution in [3.63, 3.8) is 0 Å². The van der Waals surface area contributed by atoms with E-state index in [2.05, 4.69) is 32.4 Å². The lowest BCUT2D eigenvalue weighted by Crippen LogP contribution is -2.42. The van der Waals surface area contributed by atoms with Crippen LogP contribution in [-0.2, 0) is 17.8 Å². The minimum atomic E-state index is 0.0388. The van der Waals surface area contributed by atoms with Gasteiger partial charge in [-0.1, -0.05) is 24.6 Å². The van der Waals surface area contributed by atoms with Crippen molar-refractivity contribution in [2.24, 2.45) is 5.92 Å². The number of benzene rings is 1. The first-order valence-corrected chi connectivity index (χ1v) is 11.4. The third-order valence-corrected chi connectivity index (χ3v) is 6.82. The molecule has 31 heavy (non-hydrogen) atoms. The molecule has 2 aliphatic rings. The average Bonchev–Trinajstić information content (AvgIpc) is 2.99. The first-order chi connectivity index (χ1) is 15.1. The Morgan fingerprint density at radius 3 is 2.68 bits per heavy atom. The van der Waals surface area contributed by atoms with Gasteiger partial charge in [-0.05, 0) is 44.2 Å². The van der Waals surface area contributed by atoms with E-state index in [9.17, 15) is 4.79 Å². The summed E-state index contributed by atoms with van der Waals surface area (Å²) < 4.78 is 2.28. The highest BCUT2D eigenvalue weighted by molar-refractivity contribution is 5.95. The highest BCUT2D eigenvalue weighted by Crippen LogP contribution is 2.30. The molecule has 0 atom stereocenters. The van der Waals surface area contributed by atoms with Gasteiger partial charge in [-0.25, -0.2) is 15.0 Å². The summed E-state index contributed by atoms with van der Waals surface area (Å²) in [7, 11) is 1.89. The van der Waals surface area contributed by atoms with E-state index in [4.69, 9.17) is 4.98 Å². The zero-order chi connectivity index (χ0) is 21.4. The summed E-state index contributed by atoms with van der Waals surface area (Å²) in [5, 5.41) is 0. The van der Waals surface area contributed by atoms with Crippen LogP contribution in [0.25, 0.3) is 11.2 Å². The minimum Gasteiger partial charge on any atom is -0.355 e. The van der Waals surface area contributed by atoms with E-state index in [1.165, 1.54) is 19.3 Å². The van der Waals surface area contributed by atoms with E-state index >= 15 is 0 Å². The zero-order valence-electron chi connectivity index (χ0n) is 18.4.